The van der Waals surface area contributed by atoms with Crippen LogP contribution >= 0.6 is 11.5 Å². The van der Waals surface area contributed by atoms with Gasteiger partial charge in [0.2, 0.25) is 5.13 Å². The van der Waals surface area contributed by atoms with Crippen molar-refractivity contribution in [3.8, 4) is 23.2 Å². The van der Waals surface area contributed by atoms with Crippen LogP contribution in [0.25, 0.3) is 11.4 Å². The molecule has 0 atom stereocenters. The quantitative estimate of drug-likeness (QED) is 0.437. The summed E-state index contributed by atoms with van der Waals surface area (Å²) in [6, 6.07) is 11.1. The zero-order valence-electron chi connectivity index (χ0n) is 16.4. The number of aromatic nitrogens is 2. The zero-order valence-corrected chi connectivity index (χ0v) is 17.2. The Morgan fingerprint density at radius 1 is 1.00 bits per heavy atom. The van der Waals surface area contributed by atoms with Gasteiger partial charge in [0.25, 0.3) is 0 Å². The first-order valence-corrected chi connectivity index (χ1v) is 10.4. The fourth-order valence-electron chi connectivity index (χ4n) is 3.18. The minimum atomic E-state index is -4.37. The molecule has 0 bridgehead atoms. The van der Waals surface area contributed by atoms with Gasteiger partial charge in [0.15, 0.2) is 5.82 Å². The summed E-state index contributed by atoms with van der Waals surface area (Å²) in [6.45, 7) is 3.53. The molecule has 1 aliphatic heterocycles. The molecule has 2 heterocycles. The van der Waals surface area contributed by atoms with E-state index in [1.54, 1.807) is 18.2 Å². The van der Waals surface area contributed by atoms with Crippen LogP contribution in [0, 0.1) is 17.7 Å². The van der Waals surface area contributed by atoms with Crippen LogP contribution in [0.5, 0.6) is 0 Å². The highest BCUT2D eigenvalue weighted by atomic mass is 32.1. The van der Waals surface area contributed by atoms with Gasteiger partial charge in [-0.25, -0.2) is 4.39 Å². The molecule has 0 unspecified atom stereocenters. The number of hydrogen-bond acceptors (Lipinski definition) is 5. The van der Waals surface area contributed by atoms with E-state index in [4.69, 9.17) is 0 Å². The highest BCUT2D eigenvalue weighted by Gasteiger charge is 2.30. The Morgan fingerprint density at radius 3 is 2.45 bits per heavy atom. The molecule has 0 spiro atoms. The highest BCUT2D eigenvalue weighted by molar-refractivity contribution is 7.09. The molecule has 1 aliphatic rings. The topological polar surface area (TPSA) is 32.3 Å². The van der Waals surface area contributed by atoms with Crippen LogP contribution in [0.4, 0.5) is 22.7 Å². The van der Waals surface area contributed by atoms with Crippen LogP contribution < -0.4 is 4.90 Å². The number of hydrogen-bond donors (Lipinski definition) is 0. The van der Waals surface area contributed by atoms with Gasteiger partial charge >= 0.3 is 6.18 Å². The van der Waals surface area contributed by atoms with Gasteiger partial charge in [-0.05, 0) is 42.5 Å². The van der Waals surface area contributed by atoms with E-state index < -0.39 is 11.7 Å². The predicted molar refractivity (Wildman–Crippen MR) is 112 cm³/mol. The molecule has 0 radical (unpaired) electrons. The first kappa shape index (κ1) is 21.3. The van der Waals surface area contributed by atoms with E-state index in [0.717, 1.165) is 49.0 Å². The molecule has 4 nitrogen and oxygen atoms in total. The molecule has 0 amide bonds. The molecule has 160 valence electrons. The van der Waals surface area contributed by atoms with E-state index in [-0.39, 0.29) is 5.82 Å². The minimum Gasteiger partial charge on any atom is -0.344 e. The summed E-state index contributed by atoms with van der Waals surface area (Å²) in [5.74, 6) is 6.07. The first-order chi connectivity index (χ1) is 14.9. The van der Waals surface area contributed by atoms with Gasteiger partial charge in [-0.1, -0.05) is 17.9 Å². The third-order valence-electron chi connectivity index (χ3n) is 4.89. The van der Waals surface area contributed by atoms with Crippen molar-refractivity contribution in [2.75, 3.05) is 37.6 Å². The molecule has 2 aromatic carbocycles. The maximum Gasteiger partial charge on any atom is 0.416 e. The molecule has 3 aromatic rings. The summed E-state index contributed by atoms with van der Waals surface area (Å²) in [5, 5.41) is 0.814. The molecule has 1 aromatic heterocycles. The minimum absolute atomic E-state index is 0.300. The summed E-state index contributed by atoms with van der Waals surface area (Å²) in [5.41, 5.74) is 0.438. The molecule has 0 aliphatic carbocycles. The van der Waals surface area contributed by atoms with E-state index in [0.29, 0.717) is 17.9 Å². The number of nitrogens with zero attached hydrogens (tertiary/aromatic N) is 4. The largest absolute Gasteiger partial charge is 0.416 e. The van der Waals surface area contributed by atoms with Crippen molar-refractivity contribution in [3.05, 3.63) is 65.5 Å². The molecule has 0 N–H and O–H groups in total. The second-order valence-corrected chi connectivity index (χ2v) is 7.78. The Balaban J connectivity index is 1.31. The Bertz CT molecular complexity index is 1090. The van der Waals surface area contributed by atoms with Crippen LogP contribution in [0.2, 0.25) is 0 Å². The molecule has 4 rings (SSSR count). The fourth-order valence-corrected chi connectivity index (χ4v) is 3.92. The van der Waals surface area contributed by atoms with Gasteiger partial charge in [0.05, 0.1) is 12.1 Å². The van der Waals surface area contributed by atoms with Crippen molar-refractivity contribution in [2.24, 2.45) is 0 Å². The fraction of sp³-hybridized carbons (Fsp3) is 0.273. The normalized spacial score (nSPS) is 14.9. The van der Waals surface area contributed by atoms with Crippen LogP contribution in [-0.4, -0.2) is 47.0 Å². The summed E-state index contributed by atoms with van der Waals surface area (Å²) in [7, 11) is 0. The van der Waals surface area contributed by atoms with Crippen molar-refractivity contribution in [2.45, 2.75) is 6.18 Å². The Kier molecular flexibility index (Phi) is 6.20. The maximum absolute atomic E-state index is 13.1. The highest BCUT2D eigenvalue weighted by Crippen LogP contribution is 2.29. The second kappa shape index (κ2) is 9.04. The molecule has 0 saturated carbocycles. The van der Waals surface area contributed by atoms with Gasteiger partial charge in [-0.2, -0.15) is 22.5 Å². The Morgan fingerprint density at radius 2 is 1.74 bits per heavy atom. The number of halogens is 4. The van der Waals surface area contributed by atoms with Gasteiger partial charge in [-0.15, -0.1) is 0 Å². The monoisotopic (exact) mass is 446 g/mol. The molecule has 9 heteroatoms. The van der Waals surface area contributed by atoms with Gasteiger partial charge in [0, 0.05) is 48.8 Å². The van der Waals surface area contributed by atoms with Gasteiger partial charge in [0.1, 0.15) is 5.82 Å². The standard InChI is InChI=1S/C22H18F4N4S/c23-19-8-6-17(7-9-19)20-27-21(31-28-20)30-13-11-29(12-14-30)10-2-4-16-3-1-5-18(15-16)22(24,25)26/h1,3,5-9,15H,10-14H2. The SMILES string of the molecule is Fc1ccc(-c2nsc(N3CCN(CC#Cc4cccc(C(F)(F)F)c4)CC3)n2)cc1. The molecule has 1 fully saturated rings. The number of piperazine rings is 1. The summed E-state index contributed by atoms with van der Waals surface area (Å²) >= 11 is 1.31. The average Bonchev–Trinajstić information content (AvgIpc) is 3.25. The van der Waals surface area contributed by atoms with E-state index in [9.17, 15) is 17.6 Å². The van der Waals surface area contributed by atoms with Crippen molar-refractivity contribution < 1.29 is 17.6 Å². The van der Waals surface area contributed by atoms with Crippen molar-refractivity contribution in [3.63, 3.8) is 0 Å². The number of anilines is 1. The third-order valence-corrected chi connectivity index (χ3v) is 5.66. The van der Waals surface area contributed by atoms with Crippen molar-refractivity contribution >= 4 is 16.7 Å². The van der Waals surface area contributed by atoms with E-state index in [1.807, 2.05) is 0 Å². The lowest BCUT2D eigenvalue weighted by atomic mass is 10.1. The van der Waals surface area contributed by atoms with Crippen LogP contribution in [0.3, 0.4) is 0 Å². The lowest BCUT2D eigenvalue weighted by molar-refractivity contribution is -0.137. The summed E-state index contributed by atoms with van der Waals surface area (Å²) < 4.78 is 55.8. The molecular formula is C22H18F4N4S. The van der Waals surface area contributed by atoms with Crippen LogP contribution in [0.1, 0.15) is 11.1 Å². The Labute approximate surface area is 181 Å². The number of benzene rings is 2. The van der Waals surface area contributed by atoms with Gasteiger partial charge in [-0.3, -0.25) is 4.90 Å². The molecular weight excluding hydrogens is 428 g/mol. The third kappa shape index (κ3) is 5.40. The molecule has 31 heavy (non-hydrogen) atoms. The molecule has 1 saturated heterocycles. The lowest BCUT2D eigenvalue weighted by Gasteiger charge is -2.33. The summed E-state index contributed by atoms with van der Waals surface area (Å²) in [4.78, 5) is 8.85. The Hall–Kier alpha value is -2.96. The van der Waals surface area contributed by atoms with E-state index >= 15 is 0 Å². The van der Waals surface area contributed by atoms with Crippen LogP contribution in [0.15, 0.2) is 48.5 Å². The smallest absolute Gasteiger partial charge is 0.344 e. The maximum atomic E-state index is 13.1. The second-order valence-electron chi connectivity index (χ2n) is 7.05. The predicted octanol–water partition coefficient (Wildman–Crippen LogP) is 4.54. The van der Waals surface area contributed by atoms with Crippen LogP contribution in [-0.2, 0) is 6.18 Å². The number of rotatable bonds is 3. The van der Waals surface area contributed by atoms with E-state index in [1.165, 1.54) is 29.7 Å². The lowest BCUT2D eigenvalue weighted by Crippen LogP contribution is -2.46. The van der Waals surface area contributed by atoms with Gasteiger partial charge < -0.3 is 4.90 Å². The van der Waals surface area contributed by atoms with Crippen molar-refractivity contribution in [1.29, 1.82) is 0 Å². The van der Waals surface area contributed by atoms with Crippen molar-refractivity contribution in [1.82, 2.24) is 14.3 Å². The van der Waals surface area contributed by atoms with E-state index in [2.05, 4.69) is 31.0 Å². The number of alkyl halides is 3. The summed E-state index contributed by atoms with van der Waals surface area (Å²) in [6.07, 6.45) is -4.37. The average molecular weight is 446 g/mol. The zero-order chi connectivity index (χ0) is 21.8. The first-order valence-electron chi connectivity index (χ1n) is 9.61.